The zero-order chi connectivity index (χ0) is 27.6. The van der Waals surface area contributed by atoms with E-state index in [0.717, 1.165) is 0 Å². The lowest BCUT2D eigenvalue weighted by Gasteiger charge is -2.08. The minimum absolute atomic E-state index is 1.28. The van der Waals surface area contributed by atoms with Gasteiger partial charge in [-0.25, -0.2) is 0 Å². The van der Waals surface area contributed by atoms with Crippen molar-refractivity contribution in [3.8, 4) is 11.1 Å². The molecule has 0 nitrogen and oxygen atoms in total. The van der Waals surface area contributed by atoms with Crippen LogP contribution in [0.2, 0.25) is 0 Å². The molecular formula is C39H66. The first-order valence-electron chi connectivity index (χ1n) is 17.9. The third-order valence-corrected chi connectivity index (χ3v) is 8.94. The van der Waals surface area contributed by atoms with Gasteiger partial charge in [0.1, 0.15) is 0 Å². The average Bonchev–Trinajstić information content (AvgIpc) is 3.10. The van der Waals surface area contributed by atoms with E-state index in [1.54, 1.807) is 11.1 Å². The summed E-state index contributed by atoms with van der Waals surface area (Å²) in [6, 6.07) is 13.9. The Labute approximate surface area is 245 Å². The van der Waals surface area contributed by atoms with Gasteiger partial charge in [-0.1, -0.05) is 198 Å². The van der Waals surface area contributed by atoms with Crippen LogP contribution in [0.1, 0.15) is 185 Å². The van der Waals surface area contributed by atoms with Crippen molar-refractivity contribution >= 4 is 0 Å². The molecule has 0 heteroatoms. The average molecular weight is 535 g/mol. The fourth-order valence-corrected chi connectivity index (χ4v) is 6.40. The summed E-state index contributed by atoms with van der Waals surface area (Å²) in [5, 5.41) is 0. The zero-order valence-corrected chi connectivity index (χ0v) is 26.6. The largest absolute Gasteiger partial charge is 0.0654 e. The van der Waals surface area contributed by atoms with Crippen molar-refractivity contribution in [2.45, 2.75) is 187 Å². The monoisotopic (exact) mass is 535 g/mol. The van der Waals surface area contributed by atoms with E-state index < -0.39 is 0 Å². The van der Waals surface area contributed by atoms with Crippen LogP contribution in [-0.4, -0.2) is 0 Å². The molecule has 2 aliphatic carbocycles. The Bertz CT molecular complexity index is 759. The molecule has 0 saturated heterocycles. The smallest absolute Gasteiger partial charge is 0.0149 e. The SMILES string of the molecule is CCCCCCCCCCCCCCCc1c(CCCCCCCCCCCCCC)cc2cccccc1-2. The molecular weight excluding hydrogens is 468 g/mol. The van der Waals surface area contributed by atoms with Crippen molar-refractivity contribution in [1.29, 1.82) is 0 Å². The fraction of sp³-hybridized carbons (Fsp3) is 0.744. The van der Waals surface area contributed by atoms with Gasteiger partial charge in [0, 0.05) is 0 Å². The molecule has 0 aromatic rings. The van der Waals surface area contributed by atoms with E-state index >= 15 is 0 Å². The van der Waals surface area contributed by atoms with Crippen LogP contribution >= 0.6 is 0 Å². The standard InChI is InChI=1S/C39H66/c1-3-5-7-9-11-13-15-17-19-21-23-25-29-33-38-36(35-37-32-28-26-30-34-39(37)38)31-27-24-22-20-18-16-14-12-10-8-6-4-2/h26,28,30,32,34-35H,3-25,27,29,31,33H2,1-2H3. The van der Waals surface area contributed by atoms with E-state index in [1.807, 2.05) is 0 Å². The van der Waals surface area contributed by atoms with Crippen molar-refractivity contribution in [1.82, 2.24) is 0 Å². The van der Waals surface area contributed by atoms with Gasteiger partial charge in [0.05, 0.1) is 0 Å². The Morgan fingerprint density at radius 2 is 0.769 bits per heavy atom. The molecule has 0 heterocycles. The van der Waals surface area contributed by atoms with Gasteiger partial charge in [-0.05, 0) is 47.9 Å². The molecule has 0 aliphatic heterocycles. The molecule has 222 valence electrons. The van der Waals surface area contributed by atoms with Crippen molar-refractivity contribution in [2.75, 3.05) is 0 Å². The summed E-state index contributed by atoms with van der Waals surface area (Å²) in [6.07, 6.45) is 38.4. The quantitative estimate of drug-likeness (QED) is 0.0999. The number of unbranched alkanes of at least 4 members (excludes halogenated alkanes) is 23. The zero-order valence-electron chi connectivity index (χ0n) is 26.6. The predicted molar refractivity (Wildman–Crippen MR) is 177 cm³/mol. The number of hydrogen-bond donors (Lipinski definition) is 0. The molecule has 0 radical (unpaired) electrons. The molecule has 2 rings (SSSR count). The van der Waals surface area contributed by atoms with Gasteiger partial charge in [-0.3, -0.25) is 0 Å². The minimum Gasteiger partial charge on any atom is -0.0654 e. The summed E-state index contributed by atoms with van der Waals surface area (Å²) in [5.41, 5.74) is 6.31. The Morgan fingerprint density at radius 3 is 1.23 bits per heavy atom. The van der Waals surface area contributed by atoms with Crippen LogP contribution in [0, 0.1) is 0 Å². The second-order valence-corrected chi connectivity index (χ2v) is 12.6. The Balaban J connectivity index is 1.59. The number of rotatable bonds is 27. The Kier molecular flexibility index (Phi) is 21.3. The predicted octanol–water partition coefficient (Wildman–Crippen LogP) is 13.7. The highest BCUT2D eigenvalue weighted by atomic mass is 14.2. The maximum Gasteiger partial charge on any atom is -0.0149 e. The molecule has 0 amide bonds. The van der Waals surface area contributed by atoms with E-state index in [9.17, 15) is 0 Å². The fourth-order valence-electron chi connectivity index (χ4n) is 6.40. The molecule has 0 aromatic carbocycles. The Hall–Kier alpha value is -1.30. The third kappa shape index (κ3) is 16.5. The van der Waals surface area contributed by atoms with Gasteiger partial charge in [-0.2, -0.15) is 0 Å². The lowest BCUT2D eigenvalue weighted by molar-refractivity contribution is 0.539. The molecule has 0 spiro atoms. The first-order chi connectivity index (χ1) is 19.4. The molecule has 2 aliphatic rings. The second-order valence-electron chi connectivity index (χ2n) is 12.6. The van der Waals surface area contributed by atoms with Crippen LogP contribution in [0.15, 0.2) is 36.4 Å². The third-order valence-electron chi connectivity index (χ3n) is 8.94. The van der Waals surface area contributed by atoms with Crippen LogP contribution < -0.4 is 0 Å². The number of fused-ring (bicyclic) bond motifs is 1. The van der Waals surface area contributed by atoms with Gasteiger partial charge in [0.25, 0.3) is 0 Å². The van der Waals surface area contributed by atoms with E-state index in [-0.39, 0.29) is 0 Å². The minimum atomic E-state index is 1.28. The molecule has 39 heavy (non-hydrogen) atoms. The first kappa shape index (κ1) is 33.9. The van der Waals surface area contributed by atoms with Gasteiger partial charge < -0.3 is 0 Å². The second kappa shape index (κ2) is 24.5. The molecule has 0 saturated carbocycles. The molecule has 0 bridgehead atoms. The van der Waals surface area contributed by atoms with E-state index in [2.05, 4.69) is 50.2 Å². The number of aryl methyl sites for hydroxylation is 1. The highest BCUT2D eigenvalue weighted by molar-refractivity contribution is 5.73. The van der Waals surface area contributed by atoms with Crippen molar-refractivity contribution < 1.29 is 0 Å². The van der Waals surface area contributed by atoms with Gasteiger partial charge in [0.2, 0.25) is 0 Å². The van der Waals surface area contributed by atoms with Crippen LogP contribution in [0.3, 0.4) is 0 Å². The van der Waals surface area contributed by atoms with E-state index in [4.69, 9.17) is 0 Å². The lowest BCUT2D eigenvalue weighted by atomic mass is 9.97. The van der Waals surface area contributed by atoms with Gasteiger partial charge >= 0.3 is 0 Å². The van der Waals surface area contributed by atoms with Crippen molar-refractivity contribution in [3.05, 3.63) is 47.5 Å². The van der Waals surface area contributed by atoms with Crippen molar-refractivity contribution in [2.24, 2.45) is 0 Å². The summed E-state index contributed by atoms with van der Waals surface area (Å²) >= 11 is 0. The lowest BCUT2D eigenvalue weighted by Crippen LogP contribution is -1.93. The maximum atomic E-state index is 2.52. The summed E-state index contributed by atoms with van der Waals surface area (Å²) in [5.74, 6) is 0. The van der Waals surface area contributed by atoms with Gasteiger partial charge in [-0.15, -0.1) is 0 Å². The summed E-state index contributed by atoms with van der Waals surface area (Å²) in [6.45, 7) is 4.61. The highest BCUT2D eigenvalue weighted by Crippen LogP contribution is 2.33. The maximum absolute atomic E-state index is 2.52. The van der Waals surface area contributed by atoms with Crippen LogP contribution in [-0.2, 0) is 12.8 Å². The van der Waals surface area contributed by atoms with Gasteiger partial charge in [0.15, 0.2) is 0 Å². The molecule has 0 atom stereocenters. The summed E-state index contributed by atoms with van der Waals surface area (Å²) < 4.78 is 0. The first-order valence-corrected chi connectivity index (χ1v) is 17.9. The van der Waals surface area contributed by atoms with Crippen LogP contribution in [0.5, 0.6) is 0 Å². The highest BCUT2D eigenvalue weighted by Gasteiger charge is 2.14. The van der Waals surface area contributed by atoms with Crippen LogP contribution in [0.4, 0.5) is 0 Å². The Morgan fingerprint density at radius 1 is 0.385 bits per heavy atom. The molecule has 0 aromatic heterocycles. The van der Waals surface area contributed by atoms with E-state index in [1.165, 1.54) is 184 Å². The normalized spacial score (nSPS) is 11.5. The van der Waals surface area contributed by atoms with E-state index in [0.29, 0.717) is 0 Å². The molecule has 0 unspecified atom stereocenters. The summed E-state index contributed by atoms with van der Waals surface area (Å²) in [4.78, 5) is 0. The van der Waals surface area contributed by atoms with Crippen molar-refractivity contribution in [3.63, 3.8) is 0 Å². The molecule has 0 fully saturated rings. The summed E-state index contributed by atoms with van der Waals surface area (Å²) in [7, 11) is 0. The number of hydrogen-bond acceptors (Lipinski definition) is 0. The topological polar surface area (TPSA) is 0 Å². The molecule has 0 N–H and O–H groups in total. The van der Waals surface area contributed by atoms with Crippen LogP contribution in [0.25, 0.3) is 11.1 Å².